The minimum Gasteiger partial charge on any atom is -0.349 e. The van der Waals surface area contributed by atoms with Crippen molar-refractivity contribution in [3.05, 3.63) is 64.7 Å². The van der Waals surface area contributed by atoms with Gasteiger partial charge in [0.1, 0.15) is 0 Å². The fourth-order valence-electron chi connectivity index (χ4n) is 2.79. The lowest BCUT2D eigenvalue weighted by molar-refractivity contribution is 0.0932. The summed E-state index contributed by atoms with van der Waals surface area (Å²) in [4.78, 5) is 17.7. The normalized spacial score (nSPS) is 12.4. The van der Waals surface area contributed by atoms with Crippen molar-refractivity contribution in [1.82, 2.24) is 10.3 Å². The van der Waals surface area contributed by atoms with Crippen LogP contribution < -0.4 is 5.32 Å². The molecule has 0 fully saturated rings. The summed E-state index contributed by atoms with van der Waals surface area (Å²) < 4.78 is 0. The molecule has 1 aromatic heterocycles. The lowest BCUT2D eigenvalue weighted by Gasteiger charge is -2.18. The first kappa shape index (κ1) is 18.4. The third-order valence-corrected chi connectivity index (χ3v) is 5.05. The highest BCUT2D eigenvalue weighted by atomic mass is 35.5. The molecule has 4 heteroatoms. The van der Waals surface area contributed by atoms with Gasteiger partial charge in [-0.3, -0.25) is 4.79 Å². The molecule has 0 bridgehead atoms. The molecule has 0 aliphatic rings. The molecule has 3 rings (SSSR count). The van der Waals surface area contributed by atoms with Gasteiger partial charge in [-0.2, -0.15) is 0 Å². The van der Waals surface area contributed by atoms with Gasteiger partial charge in [0.15, 0.2) is 0 Å². The number of carbonyl (C=O) groups is 1. The molecule has 2 aromatic carbocycles. The molecule has 0 saturated carbocycles. The summed E-state index contributed by atoms with van der Waals surface area (Å²) in [6.45, 7) is 8.22. The Hall–Kier alpha value is -2.39. The quantitative estimate of drug-likeness (QED) is 0.649. The molecular formula is C22H23ClN2O. The number of carbonyl (C=O) groups excluding carboxylic acids is 1. The van der Waals surface area contributed by atoms with Gasteiger partial charge >= 0.3 is 0 Å². The minimum absolute atomic E-state index is 0.0827. The van der Waals surface area contributed by atoms with Crippen molar-refractivity contribution < 1.29 is 4.79 Å². The monoisotopic (exact) mass is 366 g/mol. The number of hydrogen-bond donors (Lipinski definition) is 1. The Balaban J connectivity index is 2.17. The Kier molecular flexibility index (Phi) is 5.28. The highest BCUT2D eigenvalue weighted by molar-refractivity contribution is 6.33. The minimum atomic E-state index is -0.0856. The second-order valence-electron chi connectivity index (χ2n) is 7.06. The maximum Gasteiger partial charge on any atom is 0.252 e. The van der Waals surface area contributed by atoms with Crippen LogP contribution in [0.1, 0.15) is 36.7 Å². The number of benzene rings is 2. The van der Waals surface area contributed by atoms with Gasteiger partial charge in [-0.25, -0.2) is 4.98 Å². The third kappa shape index (κ3) is 3.73. The maximum atomic E-state index is 13.0. The first-order chi connectivity index (χ1) is 12.4. The highest BCUT2D eigenvalue weighted by Crippen LogP contribution is 2.30. The summed E-state index contributed by atoms with van der Waals surface area (Å²) in [5.41, 5.74) is 4.03. The fraction of sp³-hybridized carbons (Fsp3) is 0.273. The van der Waals surface area contributed by atoms with E-state index in [0.29, 0.717) is 22.2 Å². The van der Waals surface area contributed by atoms with Crippen molar-refractivity contribution in [2.45, 2.75) is 33.7 Å². The summed E-state index contributed by atoms with van der Waals surface area (Å²) in [7, 11) is 0. The van der Waals surface area contributed by atoms with Gasteiger partial charge in [0.05, 0.1) is 16.8 Å². The average Bonchev–Trinajstić information content (AvgIpc) is 2.61. The zero-order valence-electron chi connectivity index (χ0n) is 15.5. The lowest BCUT2D eigenvalue weighted by Crippen LogP contribution is -2.36. The van der Waals surface area contributed by atoms with E-state index >= 15 is 0 Å². The molecule has 1 heterocycles. The summed E-state index contributed by atoms with van der Waals surface area (Å²) >= 11 is 6.35. The number of halogens is 1. The second-order valence-corrected chi connectivity index (χ2v) is 7.47. The summed E-state index contributed by atoms with van der Waals surface area (Å²) in [5, 5.41) is 4.58. The number of nitrogens with one attached hydrogen (secondary N) is 1. The van der Waals surface area contributed by atoms with Crippen molar-refractivity contribution in [3.8, 4) is 11.3 Å². The van der Waals surface area contributed by atoms with Crippen LogP contribution in [-0.4, -0.2) is 16.9 Å². The molecule has 1 amide bonds. The van der Waals surface area contributed by atoms with Crippen LogP contribution in [0.4, 0.5) is 0 Å². The number of pyridine rings is 1. The number of amides is 1. The van der Waals surface area contributed by atoms with E-state index in [9.17, 15) is 4.79 Å². The lowest BCUT2D eigenvalue weighted by atomic mass is 10.0. The molecule has 26 heavy (non-hydrogen) atoms. The van der Waals surface area contributed by atoms with Crippen molar-refractivity contribution in [2.75, 3.05) is 0 Å². The largest absolute Gasteiger partial charge is 0.349 e. The standard InChI is InChI=1S/C22H23ClN2O/c1-13(2)15(4)24-22(26)18-12-21(16-7-5-6-8-19(16)23)25-20-10-9-14(3)11-17(18)20/h5-13,15H,1-4H3,(H,24,26). The molecule has 3 nitrogen and oxygen atoms in total. The van der Waals surface area contributed by atoms with Gasteiger partial charge in [0.25, 0.3) is 5.91 Å². The molecule has 1 atom stereocenters. The number of hydrogen-bond acceptors (Lipinski definition) is 2. The van der Waals surface area contributed by atoms with Crippen LogP contribution in [0.3, 0.4) is 0 Å². The maximum absolute atomic E-state index is 13.0. The fourth-order valence-corrected chi connectivity index (χ4v) is 3.02. The zero-order chi connectivity index (χ0) is 18.8. The number of aromatic nitrogens is 1. The number of rotatable bonds is 4. The molecule has 3 aromatic rings. The predicted octanol–water partition coefficient (Wildman–Crippen LogP) is 5.64. The first-order valence-electron chi connectivity index (χ1n) is 8.84. The summed E-state index contributed by atoms with van der Waals surface area (Å²) in [6.07, 6.45) is 0. The number of fused-ring (bicyclic) bond motifs is 1. The molecule has 0 aliphatic carbocycles. The Morgan fingerprint density at radius 2 is 1.81 bits per heavy atom. The van der Waals surface area contributed by atoms with Gasteiger partial charge in [0.2, 0.25) is 0 Å². The van der Waals surface area contributed by atoms with Crippen LogP contribution in [0.25, 0.3) is 22.2 Å². The van der Waals surface area contributed by atoms with Crippen LogP contribution >= 0.6 is 11.6 Å². The van der Waals surface area contributed by atoms with Gasteiger partial charge in [-0.05, 0) is 44.0 Å². The van der Waals surface area contributed by atoms with E-state index in [1.165, 1.54) is 0 Å². The Labute approximate surface area is 159 Å². The molecule has 134 valence electrons. The smallest absolute Gasteiger partial charge is 0.252 e. The van der Waals surface area contributed by atoms with E-state index in [1.807, 2.05) is 62.4 Å². The van der Waals surface area contributed by atoms with Gasteiger partial charge in [0, 0.05) is 22.0 Å². The molecule has 0 spiro atoms. The number of aryl methyl sites for hydroxylation is 1. The van der Waals surface area contributed by atoms with Crippen LogP contribution in [0.5, 0.6) is 0 Å². The van der Waals surface area contributed by atoms with Crippen molar-refractivity contribution >= 4 is 28.4 Å². The second kappa shape index (κ2) is 7.46. The average molecular weight is 367 g/mol. The van der Waals surface area contributed by atoms with Gasteiger partial charge in [-0.15, -0.1) is 0 Å². The molecule has 1 N–H and O–H groups in total. The Morgan fingerprint density at radius 3 is 2.50 bits per heavy atom. The van der Waals surface area contributed by atoms with E-state index in [1.54, 1.807) is 0 Å². The Bertz CT molecular complexity index is 966. The predicted molar refractivity (Wildman–Crippen MR) is 109 cm³/mol. The van der Waals surface area contributed by atoms with E-state index in [0.717, 1.165) is 22.0 Å². The van der Waals surface area contributed by atoms with Crippen LogP contribution in [0.2, 0.25) is 5.02 Å². The van der Waals surface area contributed by atoms with E-state index in [4.69, 9.17) is 16.6 Å². The highest BCUT2D eigenvalue weighted by Gasteiger charge is 2.18. The molecule has 1 unspecified atom stereocenters. The topological polar surface area (TPSA) is 42.0 Å². The number of nitrogens with zero attached hydrogens (tertiary/aromatic N) is 1. The molecule has 0 aliphatic heterocycles. The van der Waals surface area contributed by atoms with Crippen molar-refractivity contribution in [3.63, 3.8) is 0 Å². The van der Waals surface area contributed by atoms with E-state index in [-0.39, 0.29) is 11.9 Å². The summed E-state index contributed by atoms with van der Waals surface area (Å²) in [5.74, 6) is 0.273. The van der Waals surface area contributed by atoms with E-state index in [2.05, 4.69) is 19.2 Å². The van der Waals surface area contributed by atoms with Crippen LogP contribution in [0.15, 0.2) is 48.5 Å². The third-order valence-electron chi connectivity index (χ3n) is 4.72. The summed E-state index contributed by atoms with van der Waals surface area (Å²) in [6, 6.07) is 15.4. The molecule has 0 saturated heterocycles. The Morgan fingerprint density at radius 1 is 1.08 bits per heavy atom. The van der Waals surface area contributed by atoms with E-state index < -0.39 is 0 Å². The van der Waals surface area contributed by atoms with Crippen LogP contribution in [-0.2, 0) is 0 Å². The zero-order valence-corrected chi connectivity index (χ0v) is 16.3. The van der Waals surface area contributed by atoms with Gasteiger partial charge < -0.3 is 5.32 Å². The van der Waals surface area contributed by atoms with Crippen molar-refractivity contribution in [2.24, 2.45) is 5.92 Å². The SMILES string of the molecule is Cc1ccc2nc(-c3ccccc3Cl)cc(C(=O)NC(C)C(C)C)c2c1. The van der Waals surface area contributed by atoms with Gasteiger partial charge in [-0.1, -0.05) is 55.3 Å². The van der Waals surface area contributed by atoms with Crippen LogP contribution in [0, 0.1) is 12.8 Å². The molecular weight excluding hydrogens is 344 g/mol. The first-order valence-corrected chi connectivity index (χ1v) is 9.22. The van der Waals surface area contributed by atoms with Crippen molar-refractivity contribution in [1.29, 1.82) is 0 Å². The molecule has 0 radical (unpaired) electrons.